The van der Waals surface area contributed by atoms with Crippen molar-refractivity contribution in [3.63, 3.8) is 0 Å². The predicted molar refractivity (Wildman–Crippen MR) is 75.0 cm³/mol. The lowest BCUT2D eigenvalue weighted by Crippen LogP contribution is -2.41. The fraction of sp³-hybridized carbons (Fsp3) is 0.533. The molecule has 0 saturated carbocycles. The molecule has 3 atom stereocenters. The Bertz CT molecular complexity index is 430. The minimum atomic E-state index is -0.398. The summed E-state index contributed by atoms with van der Waals surface area (Å²) in [5.41, 5.74) is 2.47. The summed E-state index contributed by atoms with van der Waals surface area (Å²) in [6.07, 6.45) is 0.107. The van der Waals surface area contributed by atoms with Crippen molar-refractivity contribution in [1.82, 2.24) is 10.6 Å². The van der Waals surface area contributed by atoms with Gasteiger partial charge in [-0.05, 0) is 24.8 Å². The molecule has 3 N–H and O–H groups in total. The molecule has 4 nitrogen and oxygen atoms in total. The number of β-amino-alcohol motifs (C(OH)–C–C–N with tert-alkyl or cyclic N) is 1. The molecule has 1 fully saturated rings. The van der Waals surface area contributed by atoms with Crippen LogP contribution in [-0.2, 0) is 4.79 Å². The summed E-state index contributed by atoms with van der Waals surface area (Å²) >= 11 is 0. The molecule has 0 bridgehead atoms. The number of hydrogen-bond acceptors (Lipinski definition) is 3. The molecule has 0 aliphatic carbocycles. The van der Waals surface area contributed by atoms with E-state index in [1.165, 1.54) is 11.1 Å². The minimum absolute atomic E-state index is 0.0180. The Balaban J connectivity index is 1.81. The molecule has 2 rings (SSSR count). The van der Waals surface area contributed by atoms with Crippen LogP contribution >= 0.6 is 0 Å². The van der Waals surface area contributed by atoms with E-state index in [1.54, 1.807) is 0 Å². The second-order valence-electron chi connectivity index (χ2n) is 5.41. The van der Waals surface area contributed by atoms with Crippen LogP contribution in [0, 0.1) is 6.92 Å². The Kier molecular flexibility index (Phi) is 4.56. The summed E-state index contributed by atoms with van der Waals surface area (Å²) in [5.74, 6) is 0.270. The number of hydrogen-bond donors (Lipinski definition) is 3. The maximum Gasteiger partial charge on any atom is 0.237 e. The van der Waals surface area contributed by atoms with Crippen molar-refractivity contribution in [3.05, 3.63) is 35.4 Å². The topological polar surface area (TPSA) is 61.4 Å². The Labute approximate surface area is 114 Å². The van der Waals surface area contributed by atoms with Crippen molar-refractivity contribution in [2.45, 2.75) is 38.3 Å². The second-order valence-corrected chi connectivity index (χ2v) is 5.41. The highest BCUT2D eigenvalue weighted by atomic mass is 16.3. The zero-order valence-electron chi connectivity index (χ0n) is 11.5. The highest BCUT2D eigenvalue weighted by molar-refractivity contribution is 5.82. The maximum atomic E-state index is 11.9. The molecule has 19 heavy (non-hydrogen) atoms. The SMILES string of the molecule is Cc1ccc(C(C)CNC(=O)C2CC(O)CN2)cc1. The first-order chi connectivity index (χ1) is 9.06. The molecule has 1 heterocycles. The van der Waals surface area contributed by atoms with Crippen molar-refractivity contribution >= 4 is 5.91 Å². The van der Waals surface area contributed by atoms with Gasteiger partial charge in [0.05, 0.1) is 12.1 Å². The molecule has 1 amide bonds. The molecule has 1 aliphatic heterocycles. The van der Waals surface area contributed by atoms with E-state index in [-0.39, 0.29) is 17.9 Å². The Morgan fingerprint density at radius 2 is 2.16 bits per heavy atom. The molecule has 1 aromatic rings. The van der Waals surface area contributed by atoms with Crippen LogP contribution in [0.4, 0.5) is 0 Å². The van der Waals surface area contributed by atoms with Gasteiger partial charge in [0.1, 0.15) is 0 Å². The fourth-order valence-electron chi connectivity index (χ4n) is 2.31. The van der Waals surface area contributed by atoms with Gasteiger partial charge in [0.25, 0.3) is 0 Å². The fourth-order valence-corrected chi connectivity index (χ4v) is 2.31. The molecule has 4 heteroatoms. The van der Waals surface area contributed by atoms with Crippen LogP contribution in [0.15, 0.2) is 24.3 Å². The number of nitrogens with one attached hydrogen (secondary N) is 2. The first-order valence-corrected chi connectivity index (χ1v) is 6.82. The van der Waals surface area contributed by atoms with Crippen LogP contribution in [0.3, 0.4) is 0 Å². The van der Waals surface area contributed by atoms with E-state index in [1.807, 2.05) is 0 Å². The van der Waals surface area contributed by atoms with Gasteiger partial charge in [0.2, 0.25) is 5.91 Å². The third-order valence-corrected chi connectivity index (χ3v) is 3.65. The Morgan fingerprint density at radius 1 is 1.47 bits per heavy atom. The normalized spacial score (nSPS) is 24.2. The highest BCUT2D eigenvalue weighted by Crippen LogP contribution is 2.15. The molecule has 0 spiro atoms. The van der Waals surface area contributed by atoms with Crippen molar-refractivity contribution in [1.29, 1.82) is 0 Å². The van der Waals surface area contributed by atoms with E-state index in [0.29, 0.717) is 19.5 Å². The molecule has 1 saturated heterocycles. The second kappa shape index (κ2) is 6.17. The van der Waals surface area contributed by atoms with Crippen molar-refractivity contribution < 1.29 is 9.90 Å². The number of carbonyl (C=O) groups excluding carboxylic acids is 1. The van der Waals surface area contributed by atoms with Gasteiger partial charge in [0.15, 0.2) is 0 Å². The predicted octanol–water partition coefficient (Wildman–Crippen LogP) is 0.938. The minimum Gasteiger partial charge on any atom is -0.392 e. The van der Waals surface area contributed by atoms with E-state index in [0.717, 1.165) is 0 Å². The summed E-state index contributed by atoms with van der Waals surface area (Å²) < 4.78 is 0. The van der Waals surface area contributed by atoms with Crippen molar-refractivity contribution in [2.24, 2.45) is 0 Å². The number of carbonyl (C=O) groups is 1. The third kappa shape index (κ3) is 3.78. The summed E-state index contributed by atoms with van der Waals surface area (Å²) in [4.78, 5) is 11.9. The zero-order chi connectivity index (χ0) is 13.8. The summed E-state index contributed by atoms with van der Waals surface area (Å²) in [7, 11) is 0. The standard InChI is InChI=1S/C15H22N2O2/c1-10-3-5-12(6-4-10)11(2)8-17-15(19)14-7-13(18)9-16-14/h3-6,11,13-14,16,18H,7-9H2,1-2H3,(H,17,19). The van der Waals surface area contributed by atoms with Gasteiger partial charge in [-0.25, -0.2) is 0 Å². The van der Waals surface area contributed by atoms with E-state index >= 15 is 0 Å². The molecule has 0 aromatic heterocycles. The van der Waals surface area contributed by atoms with E-state index < -0.39 is 6.10 Å². The smallest absolute Gasteiger partial charge is 0.237 e. The zero-order valence-corrected chi connectivity index (χ0v) is 11.5. The average Bonchev–Trinajstić information content (AvgIpc) is 2.83. The van der Waals surface area contributed by atoms with E-state index in [9.17, 15) is 9.90 Å². The lowest BCUT2D eigenvalue weighted by atomic mass is 10.00. The van der Waals surface area contributed by atoms with Crippen LogP contribution in [0.5, 0.6) is 0 Å². The maximum absolute atomic E-state index is 11.9. The van der Waals surface area contributed by atoms with Crippen LogP contribution in [-0.4, -0.2) is 36.2 Å². The summed E-state index contributed by atoms with van der Waals surface area (Å²) in [6.45, 7) is 5.29. The third-order valence-electron chi connectivity index (χ3n) is 3.65. The lowest BCUT2D eigenvalue weighted by molar-refractivity contribution is -0.123. The van der Waals surface area contributed by atoms with Crippen molar-refractivity contribution in [3.8, 4) is 0 Å². The molecule has 3 unspecified atom stereocenters. The average molecular weight is 262 g/mol. The van der Waals surface area contributed by atoms with Crippen LogP contribution in [0.2, 0.25) is 0 Å². The van der Waals surface area contributed by atoms with E-state index in [2.05, 4.69) is 48.7 Å². The van der Waals surface area contributed by atoms with Gasteiger partial charge >= 0.3 is 0 Å². The van der Waals surface area contributed by atoms with Gasteiger partial charge in [-0.2, -0.15) is 0 Å². The molecule has 1 aromatic carbocycles. The number of amides is 1. The molecule has 1 aliphatic rings. The summed E-state index contributed by atoms with van der Waals surface area (Å²) in [6, 6.07) is 8.12. The molecular formula is C15H22N2O2. The van der Waals surface area contributed by atoms with Gasteiger partial charge in [0, 0.05) is 13.1 Å². The van der Waals surface area contributed by atoms with Crippen LogP contribution in [0.1, 0.15) is 30.4 Å². The number of benzene rings is 1. The molecule has 0 radical (unpaired) electrons. The van der Waals surface area contributed by atoms with Crippen LogP contribution < -0.4 is 10.6 Å². The Hall–Kier alpha value is -1.39. The quantitative estimate of drug-likeness (QED) is 0.757. The van der Waals surface area contributed by atoms with Gasteiger partial charge in [-0.15, -0.1) is 0 Å². The van der Waals surface area contributed by atoms with Crippen molar-refractivity contribution in [2.75, 3.05) is 13.1 Å². The lowest BCUT2D eigenvalue weighted by Gasteiger charge is -2.16. The van der Waals surface area contributed by atoms with Crippen LogP contribution in [0.25, 0.3) is 0 Å². The van der Waals surface area contributed by atoms with Gasteiger partial charge in [-0.1, -0.05) is 36.8 Å². The highest BCUT2D eigenvalue weighted by Gasteiger charge is 2.27. The molecular weight excluding hydrogens is 240 g/mol. The first kappa shape index (κ1) is 14.0. The summed E-state index contributed by atoms with van der Waals surface area (Å²) in [5, 5.41) is 15.3. The number of aliphatic hydroxyl groups excluding tert-OH is 1. The number of rotatable bonds is 4. The number of aryl methyl sites for hydroxylation is 1. The molecule has 104 valence electrons. The number of aliphatic hydroxyl groups is 1. The first-order valence-electron chi connectivity index (χ1n) is 6.82. The Morgan fingerprint density at radius 3 is 2.74 bits per heavy atom. The van der Waals surface area contributed by atoms with Gasteiger partial charge < -0.3 is 15.7 Å². The van der Waals surface area contributed by atoms with E-state index in [4.69, 9.17) is 0 Å². The van der Waals surface area contributed by atoms with Gasteiger partial charge in [-0.3, -0.25) is 4.79 Å². The monoisotopic (exact) mass is 262 g/mol. The largest absolute Gasteiger partial charge is 0.392 e.